The zero-order chi connectivity index (χ0) is 5.98. The first kappa shape index (κ1) is 5.60. The molecule has 0 saturated heterocycles. The van der Waals surface area contributed by atoms with E-state index in [1.54, 1.807) is 0 Å². The zero-order valence-electron chi connectivity index (χ0n) is 5.36. The highest BCUT2D eigenvalue weighted by molar-refractivity contribution is 5.95. The quantitative estimate of drug-likeness (QED) is 0.526. The molecule has 0 aromatic carbocycles. The van der Waals surface area contributed by atoms with Crippen LogP contribution >= 0.6 is 0 Å². The van der Waals surface area contributed by atoms with E-state index in [2.05, 4.69) is 24.2 Å². The van der Waals surface area contributed by atoms with Crippen molar-refractivity contribution in [1.29, 1.82) is 0 Å². The largest absolute Gasteiger partial charge is 0.372 e. The van der Waals surface area contributed by atoms with E-state index in [-0.39, 0.29) is 0 Å². The molecule has 0 aromatic heterocycles. The lowest BCUT2D eigenvalue weighted by Gasteiger charge is -2.02. The average molecular weight is 111 g/mol. The first-order valence-electron chi connectivity index (χ1n) is 2.89. The van der Waals surface area contributed by atoms with Crippen LogP contribution in [-0.4, -0.2) is 18.9 Å². The van der Waals surface area contributed by atoms with E-state index < -0.39 is 0 Å². The molecule has 2 heteroatoms. The van der Waals surface area contributed by atoms with Crippen molar-refractivity contribution in [3.05, 3.63) is 5.92 Å². The van der Waals surface area contributed by atoms with Gasteiger partial charge in [0.2, 0.25) is 0 Å². The fourth-order valence-corrected chi connectivity index (χ4v) is 0.733. The van der Waals surface area contributed by atoms with Gasteiger partial charge in [-0.05, 0) is 0 Å². The predicted molar refractivity (Wildman–Crippen MR) is 34.9 cm³/mol. The van der Waals surface area contributed by atoms with E-state index in [1.165, 1.54) is 5.92 Å². The Morgan fingerprint density at radius 3 is 2.62 bits per heavy atom. The second-order valence-electron chi connectivity index (χ2n) is 2.16. The molecule has 1 aliphatic heterocycles. The smallest absolute Gasteiger partial charge is 0.103 e. The Morgan fingerprint density at radius 1 is 1.62 bits per heavy atom. The topological polar surface area (TPSA) is 24.4 Å². The van der Waals surface area contributed by atoms with Gasteiger partial charge < -0.3 is 5.32 Å². The lowest BCUT2D eigenvalue weighted by molar-refractivity contribution is 0.953. The van der Waals surface area contributed by atoms with Gasteiger partial charge in [0.15, 0.2) is 0 Å². The minimum atomic E-state index is 0.945. The molecule has 0 aromatic rings. The number of rotatable bonds is 1. The third-order valence-electron chi connectivity index (χ3n) is 1.15. The third-order valence-corrected chi connectivity index (χ3v) is 1.15. The van der Waals surface area contributed by atoms with E-state index in [9.17, 15) is 0 Å². The monoisotopic (exact) mass is 111 g/mol. The molecule has 0 amide bonds. The Bertz CT molecular complexity index is 105. The summed E-state index contributed by atoms with van der Waals surface area (Å²) in [6.07, 6.45) is 0. The molecule has 45 valence electrons. The molecule has 0 spiro atoms. The van der Waals surface area contributed by atoms with Gasteiger partial charge in [-0.3, -0.25) is 4.99 Å². The summed E-state index contributed by atoms with van der Waals surface area (Å²) in [6.45, 7) is 6.09. The van der Waals surface area contributed by atoms with Gasteiger partial charge in [-0.15, -0.1) is 0 Å². The van der Waals surface area contributed by atoms with Crippen LogP contribution in [0.4, 0.5) is 0 Å². The van der Waals surface area contributed by atoms with Crippen LogP contribution in [0.15, 0.2) is 4.99 Å². The second-order valence-corrected chi connectivity index (χ2v) is 2.16. The standard InChI is InChI=1S/C6H11N2/c1-5(2)6-7-3-4-8-6/h3-4H2,1-2H3,(H,7,8). The zero-order valence-corrected chi connectivity index (χ0v) is 5.36. The van der Waals surface area contributed by atoms with Gasteiger partial charge in [0.25, 0.3) is 0 Å². The van der Waals surface area contributed by atoms with Crippen LogP contribution in [-0.2, 0) is 0 Å². The van der Waals surface area contributed by atoms with Gasteiger partial charge in [-0.25, -0.2) is 0 Å². The SMILES string of the molecule is C[C](C)C1=NCCN1. The Morgan fingerprint density at radius 2 is 2.38 bits per heavy atom. The lowest BCUT2D eigenvalue weighted by atomic mass is 10.2. The summed E-state index contributed by atoms with van der Waals surface area (Å²) in [4.78, 5) is 4.20. The Balaban J connectivity index is 2.45. The summed E-state index contributed by atoms with van der Waals surface area (Å²) in [5, 5.41) is 3.17. The highest BCUT2D eigenvalue weighted by atomic mass is 15.1. The third kappa shape index (κ3) is 0.997. The maximum absolute atomic E-state index is 4.20. The molecule has 1 N–H and O–H groups in total. The van der Waals surface area contributed by atoms with Crippen molar-refractivity contribution in [1.82, 2.24) is 5.32 Å². The number of amidine groups is 1. The Kier molecular flexibility index (Phi) is 1.51. The lowest BCUT2D eigenvalue weighted by Crippen LogP contribution is -2.21. The number of nitrogens with one attached hydrogen (secondary N) is 1. The van der Waals surface area contributed by atoms with Crippen LogP contribution in [0.1, 0.15) is 13.8 Å². The van der Waals surface area contributed by atoms with Crippen molar-refractivity contribution in [3.8, 4) is 0 Å². The molecular weight excluding hydrogens is 100 g/mol. The van der Waals surface area contributed by atoms with Crippen molar-refractivity contribution in [2.75, 3.05) is 13.1 Å². The van der Waals surface area contributed by atoms with Gasteiger partial charge in [-0.1, -0.05) is 13.8 Å². The minimum absolute atomic E-state index is 0.945. The van der Waals surface area contributed by atoms with Gasteiger partial charge in [0.1, 0.15) is 5.84 Å². The summed E-state index contributed by atoms with van der Waals surface area (Å²) in [7, 11) is 0. The Hall–Kier alpha value is -0.530. The van der Waals surface area contributed by atoms with Gasteiger partial charge in [0.05, 0.1) is 6.54 Å². The summed E-state index contributed by atoms with van der Waals surface area (Å²) in [6, 6.07) is 0. The van der Waals surface area contributed by atoms with E-state index in [0.717, 1.165) is 18.9 Å². The first-order valence-corrected chi connectivity index (χ1v) is 2.89. The molecule has 1 rings (SSSR count). The van der Waals surface area contributed by atoms with Crippen LogP contribution in [0.25, 0.3) is 0 Å². The molecule has 1 aliphatic rings. The van der Waals surface area contributed by atoms with E-state index in [4.69, 9.17) is 0 Å². The van der Waals surface area contributed by atoms with Crippen LogP contribution in [0.5, 0.6) is 0 Å². The van der Waals surface area contributed by atoms with Crippen molar-refractivity contribution in [3.63, 3.8) is 0 Å². The molecule has 0 aliphatic carbocycles. The maximum Gasteiger partial charge on any atom is 0.103 e. The van der Waals surface area contributed by atoms with Gasteiger partial charge in [0, 0.05) is 12.5 Å². The highest BCUT2D eigenvalue weighted by Crippen LogP contribution is 1.99. The predicted octanol–water partition coefficient (Wildman–Crippen LogP) is 0.602. The maximum atomic E-state index is 4.20. The molecule has 0 saturated carbocycles. The van der Waals surface area contributed by atoms with Crippen molar-refractivity contribution < 1.29 is 0 Å². The number of nitrogens with zero attached hydrogens (tertiary/aromatic N) is 1. The van der Waals surface area contributed by atoms with Crippen LogP contribution in [0.3, 0.4) is 0 Å². The van der Waals surface area contributed by atoms with Crippen molar-refractivity contribution >= 4 is 5.84 Å². The van der Waals surface area contributed by atoms with Crippen LogP contribution < -0.4 is 5.32 Å². The number of aliphatic imine (C=N–C) groups is 1. The first-order chi connectivity index (χ1) is 3.80. The van der Waals surface area contributed by atoms with Crippen molar-refractivity contribution in [2.45, 2.75) is 13.8 Å². The summed E-state index contributed by atoms with van der Waals surface area (Å²) in [5.41, 5.74) is 0. The summed E-state index contributed by atoms with van der Waals surface area (Å²) >= 11 is 0. The fourth-order valence-electron chi connectivity index (χ4n) is 0.733. The van der Waals surface area contributed by atoms with Crippen molar-refractivity contribution in [2.24, 2.45) is 4.99 Å². The van der Waals surface area contributed by atoms with Crippen LogP contribution in [0, 0.1) is 5.92 Å². The second kappa shape index (κ2) is 2.16. The van der Waals surface area contributed by atoms with Gasteiger partial charge >= 0.3 is 0 Å². The molecule has 0 bridgehead atoms. The van der Waals surface area contributed by atoms with Gasteiger partial charge in [-0.2, -0.15) is 0 Å². The molecule has 0 unspecified atom stereocenters. The minimum Gasteiger partial charge on any atom is -0.372 e. The van der Waals surface area contributed by atoms with E-state index in [0.29, 0.717) is 0 Å². The number of hydrogen-bond acceptors (Lipinski definition) is 2. The normalized spacial score (nSPS) is 18.6. The highest BCUT2D eigenvalue weighted by Gasteiger charge is 2.07. The number of hydrogen-bond donors (Lipinski definition) is 1. The van der Waals surface area contributed by atoms with Crippen LogP contribution in [0.2, 0.25) is 0 Å². The molecule has 0 fully saturated rings. The molecular formula is C6H11N2. The summed E-state index contributed by atoms with van der Waals surface area (Å²) in [5.74, 6) is 2.37. The molecule has 8 heavy (non-hydrogen) atoms. The van der Waals surface area contributed by atoms with E-state index >= 15 is 0 Å². The molecule has 1 radical (unpaired) electrons. The van der Waals surface area contributed by atoms with E-state index in [1.807, 2.05) is 0 Å². The molecule has 2 nitrogen and oxygen atoms in total. The Labute approximate surface area is 50.0 Å². The fraction of sp³-hybridized carbons (Fsp3) is 0.667. The molecule has 1 heterocycles. The molecule has 0 atom stereocenters. The average Bonchev–Trinajstić information content (AvgIpc) is 2.12. The summed E-state index contributed by atoms with van der Waals surface area (Å²) < 4.78 is 0.